The quantitative estimate of drug-likeness (QED) is 0.540. The average molecular weight is 431 g/mol. The second kappa shape index (κ2) is 10.3. The first kappa shape index (κ1) is 22.0. The molecule has 30 heavy (non-hydrogen) atoms. The normalized spacial score (nSPS) is 13.6. The second-order valence-corrected chi connectivity index (χ2v) is 8.36. The number of hydrogen-bond acceptors (Lipinski definition) is 5. The number of ether oxygens (including phenoxy) is 2. The Morgan fingerprint density at radius 2 is 1.97 bits per heavy atom. The van der Waals surface area contributed by atoms with Crippen LogP contribution in [0.25, 0.3) is 0 Å². The van der Waals surface area contributed by atoms with Gasteiger partial charge >= 0.3 is 0 Å². The summed E-state index contributed by atoms with van der Waals surface area (Å²) in [5.74, 6) is 2.23. The summed E-state index contributed by atoms with van der Waals surface area (Å²) in [7, 11) is 6.80. The molecule has 0 spiro atoms. The number of amides is 1. The number of fused-ring (bicyclic) bond motifs is 1. The number of benzene rings is 1. The van der Waals surface area contributed by atoms with E-state index in [9.17, 15) is 4.79 Å². The Labute approximate surface area is 182 Å². The number of guanidine groups is 1. The summed E-state index contributed by atoms with van der Waals surface area (Å²) >= 11 is 1.75. The Morgan fingerprint density at radius 1 is 1.23 bits per heavy atom. The highest BCUT2D eigenvalue weighted by Crippen LogP contribution is 2.33. The van der Waals surface area contributed by atoms with E-state index in [1.54, 1.807) is 44.6 Å². The van der Waals surface area contributed by atoms with Gasteiger partial charge in [0.05, 0.1) is 14.2 Å². The maximum atomic E-state index is 12.1. The van der Waals surface area contributed by atoms with Crippen LogP contribution in [0.3, 0.4) is 0 Å². The van der Waals surface area contributed by atoms with Crippen LogP contribution in [0.2, 0.25) is 0 Å². The minimum atomic E-state index is -0.0172. The number of nitrogens with one attached hydrogen (secondary N) is 1. The molecule has 0 fully saturated rings. The van der Waals surface area contributed by atoms with Crippen molar-refractivity contribution in [3.05, 3.63) is 45.6 Å². The standard InChI is InChI=1S/C22H30N4O3S/c1-25(2)21(27)14-24-22(23-9-7-18-6-5-11-30-18)26-10-8-16-12-19(28-3)20(29-4)13-17(16)15-26/h5-6,11-13H,7-10,14-15H2,1-4H3,(H,23,24). The van der Waals surface area contributed by atoms with E-state index in [4.69, 9.17) is 9.47 Å². The van der Waals surface area contributed by atoms with Crippen LogP contribution >= 0.6 is 11.3 Å². The van der Waals surface area contributed by atoms with Gasteiger partial charge in [-0.2, -0.15) is 0 Å². The molecule has 1 aromatic carbocycles. The van der Waals surface area contributed by atoms with Crippen LogP contribution < -0.4 is 14.8 Å². The topological polar surface area (TPSA) is 66.4 Å². The molecule has 1 aliphatic rings. The van der Waals surface area contributed by atoms with E-state index in [0.717, 1.165) is 43.4 Å². The molecule has 0 radical (unpaired) electrons. The molecule has 1 aliphatic heterocycles. The highest BCUT2D eigenvalue weighted by atomic mass is 32.1. The van der Waals surface area contributed by atoms with Crippen molar-refractivity contribution in [2.24, 2.45) is 4.99 Å². The summed E-state index contributed by atoms with van der Waals surface area (Å²) < 4.78 is 10.9. The largest absolute Gasteiger partial charge is 0.493 e. The number of hydrogen-bond donors (Lipinski definition) is 1. The molecule has 0 saturated heterocycles. The van der Waals surface area contributed by atoms with Crippen molar-refractivity contribution in [1.82, 2.24) is 15.1 Å². The minimum absolute atomic E-state index is 0.0172. The molecule has 0 bridgehead atoms. The van der Waals surface area contributed by atoms with E-state index in [2.05, 4.69) is 38.8 Å². The van der Waals surface area contributed by atoms with Crippen LogP contribution in [0.5, 0.6) is 11.5 Å². The number of aliphatic imine (C=N–C) groups is 1. The maximum Gasteiger partial charge on any atom is 0.243 e. The summed E-state index contributed by atoms with van der Waals surface area (Å²) in [6.07, 6.45) is 1.80. The summed E-state index contributed by atoms with van der Waals surface area (Å²) in [5, 5.41) is 5.55. The van der Waals surface area contributed by atoms with Crippen molar-refractivity contribution in [3.63, 3.8) is 0 Å². The smallest absolute Gasteiger partial charge is 0.243 e. The lowest BCUT2D eigenvalue weighted by molar-refractivity contribution is -0.127. The van der Waals surface area contributed by atoms with E-state index in [1.807, 2.05) is 6.07 Å². The molecular weight excluding hydrogens is 400 g/mol. The van der Waals surface area contributed by atoms with Crippen LogP contribution in [0.1, 0.15) is 16.0 Å². The highest BCUT2D eigenvalue weighted by molar-refractivity contribution is 7.09. The van der Waals surface area contributed by atoms with Crippen molar-refractivity contribution < 1.29 is 14.3 Å². The van der Waals surface area contributed by atoms with Crippen molar-refractivity contribution in [1.29, 1.82) is 0 Å². The molecule has 8 heteroatoms. The van der Waals surface area contributed by atoms with Crippen molar-refractivity contribution in [2.45, 2.75) is 19.4 Å². The SMILES string of the molecule is COc1cc2c(cc1OC)CN(C(=NCC(=O)N(C)C)NCCc1cccs1)CC2. The van der Waals surface area contributed by atoms with E-state index in [0.29, 0.717) is 6.54 Å². The number of methoxy groups -OCH3 is 2. The lowest BCUT2D eigenvalue weighted by atomic mass is 9.99. The molecule has 2 aromatic rings. The van der Waals surface area contributed by atoms with Gasteiger partial charge in [-0.1, -0.05) is 6.07 Å². The van der Waals surface area contributed by atoms with E-state index < -0.39 is 0 Å². The van der Waals surface area contributed by atoms with Crippen molar-refractivity contribution in [3.8, 4) is 11.5 Å². The van der Waals surface area contributed by atoms with E-state index in [1.165, 1.54) is 16.0 Å². The van der Waals surface area contributed by atoms with Gasteiger partial charge in [0.2, 0.25) is 5.91 Å². The highest BCUT2D eigenvalue weighted by Gasteiger charge is 2.22. The first-order chi connectivity index (χ1) is 14.5. The first-order valence-corrected chi connectivity index (χ1v) is 10.9. The van der Waals surface area contributed by atoms with Crippen molar-refractivity contribution >= 4 is 23.2 Å². The fourth-order valence-corrected chi connectivity index (χ4v) is 4.08. The summed E-state index contributed by atoms with van der Waals surface area (Å²) in [4.78, 5) is 21.8. The number of rotatable bonds is 7. The molecule has 0 aliphatic carbocycles. The Hall–Kier alpha value is -2.74. The monoisotopic (exact) mass is 430 g/mol. The Morgan fingerprint density at radius 3 is 2.60 bits per heavy atom. The average Bonchev–Trinajstić information content (AvgIpc) is 3.27. The zero-order valence-corrected chi connectivity index (χ0v) is 18.9. The number of likely N-dealkylation sites (N-methyl/N-ethyl adjacent to an activating group) is 1. The summed E-state index contributed by atoms with van der Waals surface area (Å²) in [6.45, 7) is 2.43. The molecule has 3 rings (SSSR count). The van der Waals surface area contributed by atoms with Crippen LogP contribution in [0.15, 0.2) is 34.6 Å². The number of nitrogens with zero attached hydrogens (tertiary/aromatic N) is 3. The molecular formula is C22H30N4O3S. The van der Waals surface area contributed by atoms with Crippen molar-refractivity contribution in [2.75, 3.05) is 47.9 Å². The number of thiophene rings is 1. The molecule has 2 heterocycles. The van der Waals surface area contributed by atoms with Crippen LogP contribution in [-0.4, -0.2) is 69.6 Å². The molecule has 1 aromatic heterocycles. The minimum Gasteiger partial charge on any atom is -0.493 e. The van der Waals surface area contributed by atoms with Gasteiger partial charge in [-0.15, -0.1) is 11.3 Å². The van der Waals surface area contributed by atoms with Crippen LogP contribution in [-0.2, 0) is 24.2 Å². The van der Waals surface area contributed by atoms with Gasteiger partial charge in [-0.25, -0.2) is 4.99 Å². The summed E-state index contributed by atoms with van der Waals surface area (Å²) in [6, 6.07) is 8.29. The first-order valence-electron chi connectivity index (χ1n) is 10.0. The molecule has 0 saturated carbocycles. The van der Waals surface area contributed by atoms with Gasteiger partial charge in [-0.3, -0.25) is 4.79 Å². The predicted molar refractivity (Wildman–Crippen MR) is 121 cm³/mol. The molecule has 1 amide bonds. The van der Waals surface area contributed by atoms with Crippen LogP contribution in [0.4, 0.5) is 0 Å². The molecule has 0 atom stereocenters. The fraction of sp³-hybridized carbons (Fsp3) is 0.455. The van der Waals surface area contributed by atoms with Gasteiger partial charge in [0.25, 0.3) is 0 Å². The number of carbonyl (C=O) groups is 1. The van der Waals surface area contributed by atoms with E-state index >= 15 is 0 Å². The zero-order chi connectivity index (χ0) is 21.5. The third-order valence-corrected chi connectivity index (χ3v) is 6.05. The Kier molecular flexibility index (Phi) is 7.57. The lowest BCUT2D eigenvalue weighted by Gasteiger charge is -2.32. The Balaban J connectivity index is 1.75. The lowest BCUT2D eigenvalue weighted by Crippen LogP contribution is -2.45. The second-order valence-electron chi connectivity index (χ2n) is 7.33. The third-order valence-electron chi connectivity index (χ3n) is 5.12. The maximum absolute atomic E-state index is 12.1. The van der Waals surface area contributed by atoms with Gasteiger partial charge in [-0.05, 0) is 47.5 Å². The fourth-order valence-electron chi connectivity index (χ4n) is 3.37. The van der Waals surface area contributed by atoms with Crippen LogP contribution in [0, 0.1) is 0 Å². The molecule has 7 nitrogen and oxygen atoms in total. The van der Waals surface area contributed by atoms with Gasteiger partial charge in [0.1, 0.15) is 6.54 Å². The predicted octanol–water partition coefficient (Wildman–Crippen LogP) is 2.40. The van der Waals surface area contributed by atoms with Gasteiger partial charge in [0, 0.05) is 38.6 Å². The van der Waals surface area contributed by atoms with E-state index in [-0.39, 0.29) is 12.5 Å². The Bertz CT molecular complexity index is 881. The third kappa shape index (κ3) is 5.44. The molecule has 0 unspecified atom stereocenters. The number of carbonyl (C=O) groups excluding carboxylic acids is 1. The van der Waals surface area contributed by atoms with Gasteiger partial charge in [0.15, 0.2) is 17.5 Å². The molecule has 1 N–H and O–H groups in total. The molecule has 162 valence electrons. The van der Waals surface area contributed by atoms with Gasteiger partial charge < -0.3 is 24.6 Å². The zero-order valence-electron chi connectivity index (χ0n) is 18.1. The summed E-state index contributed by atoms with van der Waals surface area (Å²) in [5.41, 5.74) is 2.44.